The predicted octanol–water partition coefficient (Wildman–Crippen LogP) is 1.51. The highest BCUT2D eigenvalue weighted by atomic mass is 16.2. The normalized spacial score (nSPS) is 18.2. The average Bonchev–Trinajstić information content (AvgIpc) is 2.28. The number of nitrogens with zero attached hydrogens (tertiary/aromatic N) is 1. The fourth-order valence-electron chi connectivity index (χ4n) is 1.52. The standard InChI is InChI=1S/C10H18N2O2/c1-8(2)11-10(14)12-7-5-3-4-6-9(12)13/h8H,3-7H2,1-2H3,(H,11,14). The van der Waals surface area contributed by atoms with E-state index < -0.39 is 0 Å². The summed E-state index contributed by atoms with van der Waals surface area (Å²) in [5.74, 6) is -0.0411. The molecule has 0 aromatic rings. The van der Waals surface area contributed by atoms with Crippen LogP contribution >= 0.6 is 0 Å². The fourth-order valence-corrected chi connectivity index (χ4v) is 1.52. The van der Waals surface area contributed by atoms with E-state index in [2.05, 4.69) is 5.32 Å². The van der Waals surface area contributed by atoms with E-state index in [-0.39, 0.29) is 18.0 Å². The first-order valence-corrected chi connectivity index (χ1v) is 5.22. The molecule has 0 saturated carbocycles. The first kappa shape index (κ1) is 11.0. The minimum atomic E-state index is -0.244. The Kier molecular flexibility index (Phi) is 3.92. The van der Waals surface area contributed by atoms with Gasteiger partial charge in [-0.15, -0.1) is 0 Å². The first-order chi connectivity index (χ1) is 6.61. The van der Waals surface area contributed by atoms with Gasteiger partial charge in [-0.25, -0.2) is 4.79 Å². The van der Waals surface area contributed by atoms with Crippen molar-refractivity contribution in [2.75, 3.05) is 6.54 Å². The molecule has 0 bridgehead atoms. The number of likely N-dealkylation sites (tertiary alicyclic amines) is 1. The molecule has 1 N–H and O–H groups in total. The predicted molar refractivity (Wildman–Crippen MR) is 53.8 cm³/mol. The van der Waals surface area contributed by atoms with Crippen LogP contribution in [0.25, 0.3) is 0 Å². The van der Waals surface area contributed by atoms with Crippen molar-refractivity contribution in [1.82, 2.24) is 10.2 Å². The van der Waals surface area contributed by atoms with E-state index in [4.69, 9.17) is 0 Å². The van der Waals surface area contributed by atoms with Crippen LogP contribution in [0.5, 0.6) is 0 Å². The Morgan fingerprint density at radius 1 is 1.36 bits per heavy atom. The zero-order valence-electron chi connectivity index (χ0n) is 8.88. The van der Waals surface area contributed by atoms with Crippen LogP contribution in [0.4, 0.5) is 4.79 Å². The highest BCUT2D eigenvalue weighted by molar-refractivity contribution is 5.94. The molecule has 1 rings (SSSR count). The largest absolute Gasteiger partial charge is 0.335 e. The van der Waals surface area contributed by atoms with Gasteiger partial charge in [-0.05, 0) is 26.7 Å². The highest BCUT2D eigenvalue weighted by Gasteiger charge is 2.22. The molecule has 1 saturated heterocycles. The van der Waals surface area contributed by atoms with E-state index in [1.165, 1.54) is 4.90 Å². The number of urea groups is 1. The van der Waals surface area contributed by atoms with Crippen LogP contribution in [0.15, 0.2) is 0 Å². The van der Waals surface area contributed by atoms with Crippen molar-refractivity contribution in [3.8, 4) is 0 Å². The number of carbonyl (C=O) groups is 2. The second-order valence-corrected chi connectivity index (χ2v) is 3.96. The lowest BCUT2D eigenvalue weighted by Gasteiger charge is -2.20. The molecule has 1 fully saturated rings. The van der Waals surface area contributed by atoms with E-state index in [9.17, 15) is 9.59 Å². The fraction of sp³-hybridized carbons (Fsp3) is 0.800. The second-order valence-electron chi connectivity index (χ2n) is 3.96. The summed E-state index contributed by atoms with van der Waals surface area (Å²) in [6, 6.07) is -0.162. The van der Waals surface area contributed by atoms with Crippen LogP contribution in [-0.4, -0.2) is 29.4 Å². The molecule has 0 radical (unpaired) electrons. The van der Waals surface area contributed by atoms with Crippen LogP contribution in [-0.2, 0) is 4.79 Å². The summed E-state index contributed by atoms with van der Waals surface area (Å²) < 4.78 is 0. The van der Waals surface area contributed by atoms with Gasteiger partial charge in [-0.1, -0.05) is 6.42 Å². The molecule has 4 heteroatoms. The van der Waals surface area contributed by atoms with Gasteiger partial charge in [0.25, 0.3) is 0 Å². The molecule has 1 heterocycles. The number of hydrogen-bond acceptors (Lipinski definition) is 2. The van der Waals surface area contributed by atoms with Crippen molar-refractivity contribution in [1.29, 1.82) is 0 Å². The summed E-state index contributed by atoms with van der Waals surface area (Å²) in [7, 11) is 0. The van der Waals surface area contributed by atoms with Crippen molar-refractivity contribution in [2.24, 2.45) is 0 Å². The lowest BCUT2D eigenvalue weighted by Crippen LogP contribution is -2.45. The van der Waals surface area contributed by atoms with Crippen LogP contribution in [0.1, 0.15) is 39.5 Å². The van der Waals surface area contributed by atoms with Crippen molar-refractivity contribution in [2.45, 2.75) is 45.6 Å². The third-order valence-corrected chi connectivity index (χ3v) is 2.23. The number of nitrogens with one attached hydrogen (secondary N) is 1. The molecular weight excluding hydrogens is 180 g/mol. The number of imide groups is 1. The van der Waals surface area contributed by atoms with Gasteiger partial charge in [-0.2, -0.15) is 0 Å². The van der Waals surface area contributed by atoms with Crippen LogP contribution in [0.2, 0.25) is 0 Å². The van der Waals surface area contributed by atoms with Crippen LogP contribution < -0.4 is 5.32 Å². The number of hydrogen-bond donors (Lipinski definition) is 1. The molecule has 0 spiro atoms. The molecule has 1 aliphatic heterocycles. The summed E-state index contributed by atoms with van der Waals surface area (Å²) in [6.07, 6.45) is 3.38. The lowest BCUT2D eigenvalue weighted by atomic mass is 10.2. The minimum absolute atomic E-state index is 0.0411. The molecule has 0 aromatic carbocycles. The van der Waals surface area contributed by atoms with Gasteiger partial charge in [0, 0.05) is 19.0 Å². The lowest BCUT2D eigenvalue weighted by molar-refractivity contribution is -0.127. The summed E-state index contributed by atoms with van der Waals surface area (Å²) in [5, 5.41) is 2.74. The van der Waals surface area contributed by atoms with E-state index in [1.807, 2.05) is 13.8 Å². The molecule has 0 atom stereocenters. The van der Waals surface area contributed by atoms with Crippen molar-refractivity contribution in [3.05, 3.63) is 0 Å². The van der Waals surface area contributed by atoms with Gasteiger partial charge in [-0.3, -0.25) is 9.69 Å². The van der Waals surface area contributed by atoms with Gasteiger partial charge in [0.1, 0.15) is 0 Å². The van der Waals surface area contributed by atoms with E-state index in [0.717, 1.165) is 19.3 Å². The minimum Gasteiger partial charge on any atom is -0.335 e. The first-order valence-electron chi connectivity index (χ1n) is 5.22. The zero-order chi connectivity index (χ0) is 10.6. The maximum atomic E-state index is 11.6. The van der Waals surface area contributed by atoms with Crippen LogP contribution in [0.3, 0.4) is 0 Å². The van der Waals surface area contributed by atoms with Crippen molar-refractivity contribution in [3.63, 3.8) is 0 Å². The topological polar surface area (TPSA) is 49.4 Å². The molecular formula is C10H18N2O2. The Bertz CT molecular complexity index is 226. The molecule has 0 aliphatic carbocycles. The highest BCUT2D eigenvalue weighted by Crippen LogP contribution is 2.11. The van der Waals surface area contributed by atoms with Gasteiger partial charge >= 0.3 is 6.03 Å². The number of amides is 3. The summed E-state index contributed by atoms with van der Waals surface area (Å²) >= 11 is 0. The van der Waals surface area contributed by atoms with Gasteiger partial charge in [0.05, 0.1) is 0 Å². The van der Waals surface area contributed by atoms with E-state index in [0.29, 0.717) is 13.0 Å². The second kappa shape index (κ2) is 4.98. The van der Waals surface area contributed by atoms with Crippen molar-refractivity contribution >= 4 is 11.9 Å². The summed E-state index contributed by atoms with van der Waals surface area (Å²) in [6.45, 7) is 4.35. The smallest absolute Gasteiger partial charge is 0.324 e. The maximum absolute atomic E-state index is 11.6. The Hall–Kier alpha value is -1.06. The third kappa shape index (κ3) is 3.01. The Labute approximate surface area is 84.7 Å². The van der Waals surface area contributed by atoms with Gasteiger partial charge in [0.2, 0.25) is 5.91 Å². The van der Waals surface area contributed by atoms with Gasteiger partial charge in [0.15, 0.2) is 0 Å². The monoisotopic (exact) mass is 198 g/mol. The molecule has 3 amide bonds. The molecule has 14 heavy (non-hydrogen) atoms. The SMILES string of the molecule is CC(C)NC(=O)N1CCCCCC1=O. The van der Waals surface area contributed by atoms with Crippen LogP contribution in [0, 0.1) is 0 Å². The van der Waals surface area contributed by atoms with E-state index >= 15 is 0 Å². The quantitative estimate of drug-likeness (QED) is 0.694. The number of rotatable bonds is 1. The molecule has 1 aliphatic rings. The summed E-state index contributed by atoms with van der Waals surface area (Å²) in [4.78, 5) is 24.4. The molecule has 4 nitrogen and oxygen atoms in total. The molecule has 0 unspecified atom stereocenters. The van der Waals surface area contributed by atoms with Crippen molar-refractivity contribution < 1.29 is 9.59 Å². The maximum Gasteiger partial charge on any atom is 0.324 e. The molecule has 80 valence electrons. The average molecular weight is 198 g/mol. The van der Waals surface area contributed by atoms with Gasteiger partial charge < -0.3 is 5.32 Å². The molecule has 0 aromatic heterocycles. The van der Waals surface area contributed by atoms with E-state index in [1.54, 1.807) is 0 Å². The number of carbonyl (C=O) groups excluding carboxylic acids is 2. The summed E-state index contributed by atoms with van der Waals surface area (Å²) in [5.41, 5.74) is 0. The Morgan fingerprint density at radius 3 is 2.71 bits per heavy atom. The third-order valence-electron chi connectivity index (χ3n) is 2.23. The zero-order valence-corrected chi connectivity index (χ0v) is 8.88. The Morgan fingerprint density at radius 2 is 2.07 bits per heavy atom. The Balaban J connectivity index is 2.54.